The second-order valence-corrected chi connectivity index (χ2v) is 1.74. The molecule has 0 aliphatic carbocycles. The van der Waals surface area contributed by atoms with Gasteiger partial charge in [0, 0.05) is 12.2 Å². The van der Waals surface area contributed by atoms with E-state index in [0.717, 1.165) is 12.2 Å². The van der Waals surface area contributed by atoms with E-state index >= 15 is 0 Å². The molecule has 0 aromatic carbocycles. The maximum atomic E-state index is 10.4. The minimum atomic E-state index is -0.537. The quantitative estimate of drug-likeness (QED) is 0.248. The van der Waals surface area contributed by atoms with Gasteiger partial charge in [-0.05, 0) is 11.0 Å². The molecule has 4 nitrogen and oxygen atoms in total. The summed E-state index contributed by atoms with van der Waals surface area (Å²) in [5, 5.41) is 0. The van der Waals surface area contributed by atoms with Gasteiger partial charge in [-0.15, -0.1) is 0 Å². The van der Waals surface area contributed by atoms with Crippen LogP contribution in [0.1, 0.15) is 0 Å². The van der Waals surface area contributed by atoms with Gasteiger partial charge in [0.15, 0.2) is 0 Å². The van der Waals surface area contributed by atoms with Crippen LogP contribution in [0.5, 0.6) is 0 Å². The van der Waals surface area contributed by atoms with Crippen molar-refractivity contribution in [3.05, 3.63) is 25.3 Å². The summed E-state index contributed by atoms with van der Waals surface area (Å²) in [6.45, 7) is 6.45. The lowest BCUT2D eigenvalue weighted by Crippen LogP contribution is -2.10. The van der Waals surface area contributed by atoms with Crippen LogP contribution in [0.3, 0.4) is 0 Å². The Balaban J connectivity index is 0. The van der Waals surface area contributed by atoms with Crippen molar-refractivity contribution >= 4 is 22.9 Å². The van der Waals surface area contributed by atoms with Crippen molar-refractivity contribution in [2.24, 2.45) is 0 Å². The predicted molar refractivity (Wildman–Crippen MR) is 53.6 cm³/mol. The maximum absolute atomic E-state index is 10.4. The molecule has 0 amide bonds. The van der Waals surface area contributed by atoms with E-state index in [0.29, 0.717) is 0 Å². The van der Waals surface area contributed by atoms with Gasteiger partial charge >= 0.3 is 11.9 Å². The van der Waals surface area contributed by atoms with Crippen LogP contribution in [0.15, 0.2) is 25.3 Å². The maximum Gasteiger partial charge on any atom is 0.330 e. The van der Waals surface area contributed by atoms with Crippen molar-refractivity contribution in [3.63, 3.8) is 0 Å². The summed E-state index contributed by atoms with van der Waals surface area (Å²) in [4.78, 5) is 20.9. The fourth-order valence-electron chi connectivity index (χ4n) is 0.402. The number of ether oxygens (including phenoxy) is 2. The first-order valence-electron chi connectivity index (χ1n) is 3.29. The third-order valence-corrected chi connectivity index (χ3v) is 0.905. The molecule has 0 aliphatic heterocycles. The minimum Gasteiger partial charge on any atom is -0.459 e. The van der Waals surface area contributed by atoms with Crippen LogP contribution in [0.4, 0.5) is 0 Å². The standard InChI is InChI=1S/C8H10O4.H4Si/c1-3-7(9)11-5-6-12-8(10)4-2;/h3-4H,1-2,5-6H2;1H4. The Morgan fingerprint density at radius 2 is 1.31 bits per heavy atom. The molecule has 5 heteroatoms. The molecular formula is C8H14O4Si. The van der Waals surface area contributed by atoms with E-state index in [2.05, 4.69) is 22.6 Å². The van der Waals surface area contributed by atoms with Crippen LogP contribution >= 0.6 is 0 Å². The van der Waals surface area contributed by atoms with Crippen molar-refractivity contribution in [1.82, 2.24) is 0 Å². The first-order valence-corrected chi connectivity index (χ1v) is 3.29. The van der Waals surface area contributed by atoms with Crippen LogP contribution in [-0.2, 0) is 19.1 Å². The normalized spacial score (nSPS) is 7.69. The van der Waals surface area contributed by atoms with Crippen LogP contribution in [0, 0.1) is 0 Å². The van der Waals surface area contributed by atoms with E-state index in [1.165, 1.54) is 0 Å². The fraction of sp³-hybridized carbons (Fsp3) is 0.250. The number of hydrogen-bond acceptors (Lipinski definition) is 4. The van der Waals surface area contributed by atoms with E-state index in [9.17, 15) is 9.59 Å². The van der Waals surface area contributed by atoms with Gasteiger partial charge in [-0.1, -0.05) is 13.2 Å². The lowest BCUT2D eigenvalue weighted by Gasteiger charge is -2.01. The van der Waals surface area contributed by atoms with Crippen molar-refractivity contribution < 1.29 is 19.1 Å². The molecule has 0 atom stereocenters. The number of rotatable bonds is 5. The number of esters is 2. The SMILES string of the molecule is C=CC(=O)OCCOC(=O)C=C.[SiH4]. The molecule has 0 saturated heterocycles. The molecule has 0 unspecified atom stereocenters. The van der Waals surface area contributed by atoms with Gasteiger partial charge in [-0.2, -0.15) is 0 Å². The Labute approximate surface area is 81.2 Å². The van der Waals surface area contributed by atoms with Gasteiger partial charge in [0.2, 0.25) is 0 Å². The Hall–Kier alpha value is -1.36. The van der Waals surface area contributed by atoms with Gasteiger partial charge in [0.05, 0.1) is 0 Å². The van der Waals surface area contributed by atoms with Crippen molar-refractivity contribution in [1.29, 1.82) is 0 Å². The van der Waals surface area contributed by atoms with Crippen LogP contribution in [-0.4, -0.2) is 36.1 Å². The molecule has 13 heavy (non-hydrogen) atoms. The Bertz CT molecular complexity index is 178. The van der Waals surface area contributed by atoms with Crippen LogP contribution in [0.25, 0.3) is 0 Å². The Morgan fingerprint density at radius 3 is 1.54 bits per heavy atom. The molecular weight excluding hydrogens is 188 g/mol. The van der Waals surface area contributed by atoms with E-state index < -0.39 is 11.9 Å². The first kappa shape index (κ1) is 14.2. The second kappa shape index (κ2) is 8.73. The highest BCUT2D eigenvalue weighted by atomic mass is 28.1. The summed E-state index contributed by atoms with van der Waals surface area (Å²) >= 11 is 0. The van der Waals surface area contributed by atoms with E-state index in [1.54, 1.807) is 0 Å². The summed E-state index contributed by atoms with van der Waals surface area (Å²) < 4.78 is 9.04. The Kier molecular flexibility index (Phi) is 9.52. The van der Waals surface area contributed by atoms with E-state index in [1.807, 2.05) is 0 Å². The molecule has 0 heterocycles. The molecule has 74 valence electrons. The molecule has 0 aromatic rings. The summed E-state index contributed by atoms with van der Waals surface area (Å²) in [6, 6.07) is 0. The summed E-state index contributed by atoms with van der Waals surface area (Å²) in [5.74, 6) is -1.07. The second-order valence-electron chi connectivity index (χ2n) is 1.74. The van der Waals surface area contributed by atoms with Crippen molar-refractivity contribution in [2.45, 2.75) is 0 Å². The molecule has 0 aromatic heterocycles. The van der Waals surface area contributed by atoms with Gasteiger partial charge < -0.3 is 9.47 Å². The zero-order valence-electron chi connectivity index (χ0n) is 6.62. The molecule has 0 rings (SSSR count). The lowest BCUT2D eigenvalue weighted by molar-refractivity contribution is -0.146. The molecule has 0 saturated carbocycles. The summed E-state index contributed by atoms with van der Waals surface area (Å²) in [5.41, 5.74) is 0. The third kappa shape index (κ3) is 8.54. The van der Waals surface area contributed by atoms with Crippen LogP contribution < -0.4 is 0 Å². The smallest absolute Gasteiger partial charge is 0.330 e. The molecule has 0 fully saturated rings. The molecule has 0 spiro atoms. The lowest BCUT2D eigenvalue weighted by atomic mass is 10.6. The minimum absolute atomic E-state index is 0. The largest absolute Gasteiger partial charge is 0.459 e. The average molecular weight is 202 g/mol. The van der Waals surface area contributed by atoms with Crippen molar-refractivity contribution in [2.75, 3.05) is 13.2 Å². The monoisotopic (exact) mass is 202 g/mol. The zero-order valence-corrected chi connectivity index (χ0v) is 6.62. The highest BCUT2D eigenvalue weighted by Crippen LogP contribution is 1.82. The molecule has 0 radical (unpaired) electrons. The third-order valence-electron chi connectivity index (χ3n) is 0.905. The van der Waals surface area contributed by atoms with Gasteiger partial charge in [-0.3, -0.25) is 0 Å². The summed E-state index contributed by atoms with van der Waals surface area (Å²) in [7, 11) is 0. The van der Waals surface area contributed by atoms with Crippen LogP contribution in [0.2, 0.25) is 0 Å². The number of hydrogen-bond donors (Lipinski definition) is 0. The van der Waals surface area contributed by atoms with Crippen molar-refractivity contribution in [3.8, 4) is 0 Å². The van der Waals surface area contributed by atoms with Gasteiger partial charge in [-0.25, -0.2) is 9.59 Å². The molecule has 0 N–H and O–H groups in total. The number of carbonyl (C=O) groups is 2. The van der Waals surface area contributed by atoms with Gasteiger partial charge in [0.1, 0.15) is 13.2 Å². The van der Waals surface area contributed by atoms with Gasteiger partial charge in [0.25, 0.3) is 0 Å². The zero-order chi connectivity index (χ0) is 9.40. The summed E-state index contributed by atoms with van der Waals surface area (Å²) in [6.07, 6.45) is 2.07. The number of carbonyl (C=O) groups excluding carboxylic acids is 2. The highest BCUT2D eigenvalue weighted by molar-refractivity contribution is 5.81. The predicted octanol–water partition coefficient (Wildman–Crippen LogP) is -1.01. The molecule has 0 bridgehead atoms. The molecule has 0 aliphatic rings. The van der Waals surface area contributed by atoms with E-state index in [-0.39, 0.29) is 24.2 Å². The average Bonchev–Trinajstić information content (AvgIpc) is 2.11. The Morgan fingerprint density at radius 1 is 1.00 bits per heavy atom. The fourth-order valence-corrected chi connectivity index (χ4v) is 0.402. The topological polar surface area (TPSA) is 52.6 Å². The van der Waals surface area contributed by atoms with E-state index in [4.69, 9.17) is 0 Å². The highest BCUT2D eigenvalue weighted by Gasteiger charge is 1.97. The first-order chi connectivity index (χ1) is 5.70.